The molecular weight excluding hydrogens is 377 g/mol. The molecule has 3 aliphatic rings. The molecule has 0 aromatic rings. The molecule has 3 unspecified atom stereocenters. The number of nitrogens with one attached hydrogen (secondary N) is 2. The van der Waals surface area contributed by atoms with Crippen molar-refractivity contribution < 1.29 is 4.74 Å². The molecule has 1 saturated heterocycles. The van der Waals surface area contributed by atoms with Gasteiger partial charge >= 0.3 is 0 Å². The van der Waals surface area contributed by atoms with E-state index in [0.29, 0.717) is 18.1 Å². The molecule has 0 aromatic carbocycles. The van der Waals surface area contributed by atoms with Crippen LogP contribution in [0.15, 0.2) is 4.99 Å². The molecule has 0 radical (unpaired) electrons. The summed E-state index contributed by atoms with van der Waals surface area (Å²) in [6.45, 7) is 6.64. The van der Waals surface area contributed by atoms with Crippen LogP contribution in [0, 0.1) is 17.3 Å². The van der Waals surface area contributed by atoms with Crippen LogP contribution in [0.25, 0.3) is 0 Å². The van der Waals surface area contributed by atoms with E-state index in [9.17, 15) is 0 Å². The second kappa shape index (κ2) is 7.02. The first-order valence-electron chi connectivity index (χ1n) is 8.21. The van der Waals surface area contributed by atoms with Gasteiger partial charge in [0.2, 0.25) is 0 Å². The minimum Gasteiger partial charge on any atom is -0.377 e. The largest absolute Gasteiger partial charge is 0.377 e. The highest BCUT2D eigenvalue weighted by molar-refractivity contribution is 14.0. The van der Waals surface area contributed by atoms with Crippen molar-refractivity contribution in [2.75, 3.05) is 20.2 Å². The molecule has 2 N–H and O–H groups in total. The van der Waals surface area contributed by atoms with Crippen molar-refractivity contribution in [2.45, 2.75) is 58.1 Å². The lowest BCUT2D eigenvalue weighted by Crippen LogP contribution is -2.71. The highest BCUT2D eigenvalue weighted by Gasteiger charge is 2.58. The van der Waals surface area contributed by atoms with Crippen LogP contribution in [-0.2, 0) is 4.74 Å². The van der Waals surface area contributed by atoms with Gasteiger partial charge in [0.1, 0.15) is 0 Å². The Morgan fingerprint density at radius 1 is 1.24 bits per heavy atom. The summed E-state index contributed by atoms with van der Waals surface area (Å²) in [6, 6.07) is 0.486. The fourth-order valence-corrected chi connectivity index (χ4v) is 4.10. The molecule has 0 bridgehead atoms. The predicted octanol–water partition coefficient (Wildman–Crippen LogP) is 2.77. The second-order valence-electron chi connectivity index (χ2n) is 7.29. The van der Waals surface area contributed by atoms with Crippen molar-refractivity contribution in [1.29, 1.82) is 0 Å². The van der Waals surface area contributed by atoms with Crippen LogP contribution < -0.4 is 10.6 Å². The summed E-state index contributed by atoms with van der Waals surface area (Å²) in [5.74, 6) is 2.48. The fourth-order valence-electron chi connectivity index (χ4n) is 4.10. The van der Waals surface area contributed by atoms with Crippen LogP contribution in [0.1, 0.15) is 46.0 Å². The molecule has 1 heterocycles. The molecule has 0 aromatic heterocycles. The molecule has 21 heavy (non-hydrogen) atoms. The first kappa shape index (κ1) is 17.3. The topological polar surface area (TPSA) is 45.7 Å². The first-order valence-corrected chi connectivity index (χ1v) is 8.21. The van der Waals surface area contributed by atoms with Crippen LogP contribution in [0.2, 0.25) is 0 Å². The number of aliphatic imine (C=N–C) groups is 1. The van der Waals surface area contributed by atoms with Gasteiger partial charge in [0.25, 0.3) is 0 Å². The van der Waals surface area contributed by atoms with E-state index in [1.807, 2.05) is 7.05 Å². The Bertz CT molecular complexity index is 382. The second-order valence-corrected chi connectivity index (χ2v) is 7.29. The molecule has 5 heteroatoms. The van der Waals surface area contributed by atoms with E-state index in [1.165, 1.54) is 32.1 Å². The molecular formula is C16H30IN3O. The Labute approximate surface area is 145 Å². The van der Waals surface area contributed by atoms with E-state index in [2.05, 4.69) is 29.5 Å². The fraction of sp³-hybridized carbons (Fsp3) is 0.938. The molecule has 2 aliphatic carbocycles. The summed E-state index contributed by atoms with van der Waals surface area (Å²) >= 11 is 0. The van der Waals surface area contributed by atoms with E-state index in [1.54, 1.807) is 0 Å². The van der Waals surface area contributed by atoms with Crippen LogP contribution in [-0.4, -0.2) is 38.3 Å². The average molecular weight is 407 g/mol. The Hall–Kier alpha value is -0.0400. The summed E-state index contributed by atoms with van der Waals surface area (Å²) < 4.78 is 5.96. The van der Waals surface area contributed by atoms with E-state index < -0.39 is 0 Å². The lowest BCUT2D eigenvalue weighted by molar-refractivity contribution is -0.188. The SMILES string of the molecule is CN=C(NCC1CCC1)NC1C2CCCOC2C1(C)C.I. The van der Waals surface area contributed by atoms with E-state index in [4.69, 9.17) is 4.74 Å². The van der Waals surface area contributed by atoms with Gasteiger partial charge in [-0.2, -0.15) is 0 Å². The molecule has 122 valence electrons. The maximum Gasteiger partial charge on any atom is 0.191 e. The monoisotopic (exact) mass is 407 g/mol. The van der Waals surface area contributed by atoms with Crippen molar-refractivity contribution in [1.82, 2.24) is 10.6 Å². The first-order chi connectivity index (χ1) is 9.63. The predicted molar refractivity (Wildman–Crippen MR) is 97.3 cm³/mol. The third kappa shape index (κ3) is 3.33. The molecule has 0 spiro atoms. The number of fused-ring (bicyclic) bond motifs is 1. The number of halogens is 1. The van der Waals surface area contributed by atoms with Gasteiger partial charge in [-0.3, -0.25) is 4.99 Å². The zero-order valence-corrected chi connectivity index (χ0v) is 15.9. The Morgan fingerprint density at radius 2 is 2.00 bits per heavy atom. The standard InChI is InChI=1S/C16H29N3O.HI/c1-16(2)13(12-8-5-9-20-14(12)16)19-15(17-3)18-10-11-6-4-7-11;/h11-14H,4-10H2,1-3H3,(H2,17,18,19);1H. The maximum absolute atomic E-state index is 5.96. The smallest absolute Gasteiger partial charge is 0.191 e. The minimum atomic E-state index is 0. The van der Waals surface area contributed by atoms with Crippen LogP contribution >= 0.6 is 24.0 Å². The van der Waals surface area contributed by atoms with E-state index in [-0.39, 0.29) is 29.4 Å². The van der Waals surface area contributed by atoms with E-state index in [0.717, 1.165) is 25.0 Å². The zero-order valence-electron chi connectivity index (χ0n) is 13.5. The maximum atomic E-state index is 5.96. The van der Waals surface area contributed by atoms with Gasteiger partial charge in [-0.15, -0.1) is 24.0 Å². The zero-order chi connectivity index (χ0) is 14.2. The summed E-state index contributed by atoms with van der Waals surface area (Å²) in [5.41, 5.74) is 0.208. The van der Waals surface area contributed by atoms with Gasteiger partial charge in [0.05, 0.1) is 6.10 Å². The lowest BCUT2D eigenvalue weighted by atomic mass is 9.55. The van der Waals surface area contributed by atoms with Gasteiger partial charge in [0.15, 0.2) is 5.96 Å². The highest BCUT2D eigenvalue weighted by atomic mass is 127. The van der Waals surface area contributed by atoms with Gasteiger partial charge in [0, 0.05) is 37.6 Å². The Balaban J connectivity index is 0.00000161. The summed E-state index contributed by atoms with van der Waals surface area (Å²) in [7, 11) is 1.87. The minimum absolute atomic E-state index is 0. The quantitative estimate of drug-likeness (QED) is 0.430. The summed E-state index contributed by atoms with van der Waals surface area (Å²) in [6.07, 6.45) is 7.05. The number of rotatable bonds is 3. The van der Waals surface area contributed by atoms with Crippen molar-refractivity contribution >= 4 is 29.9 Å². The molecule has 3 atom stereocenters. The number of ether oxygens (including phenoxy) is 1. The van der Waals surface area contributed by atoms with Gasteiger partial charge in [-0.05, 0) is 31.6 Å². The van der Waals surface area contributed by atoms with Crippen molar-refractivity contribution in [2.24, 2.45) is 22.2 Å². The van der Waals surface area contributed by atoms with Gasteiger partial charge in [-0.1, -0.05) is 20.3 Å². The Morgan fingerprint density at radius 3 is 2.62 bits per heavy atom. The summed E-state index contributed by atoms with van der Waals surface area (Å²) in [5, 5.41) is 7.16. The Kier molecular flexibility index (Phi) is 5.79. The van der Waals surface area contributed by atoms with Crippen LogP contribution in [0.5, 0.6) is 0 Å². The third-order valence-corrected chi connectivity index (χ3v) is 5.63. The van der Waals surface area contributed by atoms with Crippen molar-refractivity contribution in [3.8, 4) is 0 Å². The van der Waals surface area contributed by atoms with Gasteiger partial charge < -0.3 is 15.4 Å². The van der Waals surface area contributed by atoms with E-state index >= 15 is 0 Å². The van der Waals surface area contributed by atoms with Crippen LogP contribution in [0.3, 0.4) is 0 Å². The molecule has 0 amide bonds. The highest BCUT2D eigenvalue weighted by Crippen LogP contribution is 2.51. The summed E-state index contributed by atoms with van der Waals surface area (Å²) in [4.78, 5) is 4.40. The normalized spacial score (nSPS) is 34.8. The third-order valence-electron chi connectivity index (χ3n) is 5.63. The van der Waals surface area contributed by atoms with Crippen LogP contribution in [0.4, 0.5) is 0 Å². The average Bonchev–Trinajstić information content (AvgIpc) is 2.40. The molecule has 2 saturated carbocycles. The number of hydrogen-bond acceptors (Lipinski definition) is 2. The molecule has 3 rings (SSSR count). The number of hydrogen-bond donors (Lipinski definition) is 2. The van der Waals surface area contributed by atoms with Gasteiger partial charge in [-0.25, -0.2) is 0 Å². The molecule has 1 aliphatic heterocycles. The van der Waals surface area contributed by atoms with Crippen molar-refractivity contribution in [3.63, 3.8) is 0 Å². The lowest BCUT2D eigenvalue weighted by Gasteiger charge is -2.60. The molecule has 3 fully saturated rings. The van der Waals surface area contributed by atoms with Crippen molar-refractivity contribution in [3.05, 3.63) is 0 Å². The number of nitrogens with zero attached hydrogens (tertiary/aromatic N) is 1. The molecule has 4 nitrogen and oxygen atoms in total. The number of guanidine groups is 1.